The van der Waals surface area contributed by atoms with Crippen molar-refractivity contribution in [1.29, 1.82) is 0 Å². The third-order valence-corrected chi connectivity index (χ3v) is 8.01. The average molecular weight is 434 g/mol. The highest BCUT2D eigenvalue weighted by atomic mass is 16.6. The van der Waals surface area contributed by atoms with Gasteiger partial charge in [-0.2, -0.15) is 0 Å². The van der Waals surface area contributed by atoms with Crippen molar-refractivity contribution in [3.63, 3.8) is 0 Å². The number of hydrogen-bond acceptors (Lipinski definition) is 4. The molecule has 0 bridgehead atoms. The van der Waals surface area contributed by atoms with E-state index in [1.54, 1.807) is 0 Å². The van der Waals surface area contributed by atoms with Gasteiger partial charge in [0.25, 0.3) is 0 Å². The SMILES string of the molecule is CC1c2cc3c(cc2C2(CCCC2)CN1C(=O)CC1OCCc2ccccc21)OCCO3. The fraction of sp³-hybridized carbons (Fsp3) is 0.519. The lowest BCUT2D eigenvalue weighted by Gasteiger charge is -2.46. The molecular formula is C27H31NO4. The molecule has 0 aromatic heterocycles. The minimum absolute atomic E-state index is 0.0124. The van der Waals surface area contributed by atoms with E-state index in [1.165, 1.54) is 35.1 Å². The monoisotopic (exact) mass is 433 g/mol. The average Bonchev–Trinajstić information content (AvgIpc) is 3.30. The molecule has 168 valence electrons. The first-order valence-electron chi connectivity index (χ1n) is 12.1. The highest BCUT2D eigenvalue weighted by molar-refractivity contribution is 5.78. The van der Waals surface area contributed by atoms with E-state index in [1.807, 2.05) is 6.07 Å². The smallest absolute Gasteiger partial charge is 0.226 e. The minimum atomic E-state index is -0.152. The van der Waals surface area contributed by atoms with E-state index < -0.39 is 0 Å². The summed E-state index contributed by atoms with van der Waals surface area (Å²) in [5, 5.41) is 0. The summed E-state index contributed by atoms with van der Waals surface area (Å²) in [6.07, 6.45) is 5.84. The van der Waals surface area contributed by atoms with Gasteiger partial charge in [0.1, 0.15) is 13.2 Å². The summed E-state index contributed by atoms with van der Waals surface area (Å²) in [4.78, 5) is 15.8. The lowest BCUT2D eigenvalue weighted by atomic mass is 9.71. The molecule has 0 N–H and O–H groups in total. The second-order valence-corrected chi connectivity index (χ2v) is 9.78. The van der Waals surface area contributed by atoms with Crippen LogP contribution in [0.4, 0.5) is 0 Å². The Balaban J connectivity index is 1.33. The van der Waals surface area contributed by atoms with Crippen LogP contribution >= 0.6 is 0 Å². The molecule has 2 unspecified atom stereocenters. The van der Waals surface area contributed by atoms with Gasteiger partial charge in [0.15, 0.2) is 11.5 Å². The fourth-order valence-corrected chi connectivity index (χ4v) is 6.33. The van der Waals surface area contributed by atoms with Crippen LogP contribution in [-0.2, 0) is 21.4 Å². The molecule has 1 spiro atoms. The molecule has 2 aromatic carbocycles. The normalized spacial score (nSPS) is 25.3. The topological polar surface area (TPSA) is 48.0 Å². The van der Waals surface area contributed by atoms with Gasteiger partial charge in [-0.1, -0.05) is 37.1 Å². The van der Waals surface area contributed by atoms with Gasteiger partial charge in [-0.05, 0) is 60.6 Å². The standard InChI is InChI=1S/C27H31NO4/c1-18-21-14-24-25(32-13-12-31-24)15-22(21)27(9-4-5-10-27)17-28(18)26(29)16-23-20-7-3-2-6-19(20)8-11-30-23/h2-3,6-7,14-15,18,23H,4-5,8-13,16-17H2,1H3. The number of ether oxygens (including phenoxy) is 3. The lowest BCUT2D eigenvalue weighted by Crippen LogP contribution is -2.49. The van der Waals surface area contributed by atoms with Crippen LogP contribution in [0, 0.1) is 0 Å². The minimum Gasteiger partial charge on any atom is -0.486 e. The zero-order valence-corrected chi connectivity index (χ0v) is 18.8. The Hall–Kier alpha value is -2.53. The maximum Gasteiger partial charge on any atom is 0.226 e. The molecule has 1 saturated carbocycles. The van der Waals surface area contributed by atoms with Crippen molar-refractivity contribution in [1.82, 2.24) is 4.90 Å². The van der Waals surface area contributed by atoms with E-state index in [4.69, 9.17) is 14.2 Å². The molecular weight excluding hydrogens is 402 g/mol. The van der Waals surface area contributed by atoms with Crippen LogP contribution < -0.4 is 9.47 Å². The highest BCUT2D eigenvalue weighted by Gasteiger charge is 2.46. The zero-order valence-electron chi connectivity index (χ0n) is 18.8. The Morgan fingerprint density at radius 2 is 1.78 bits per heavy atom. The molecule has 0 saturated heterocycles. The molecule has 3 heterocycles. The summed E-state index contributed by atoms with van der Waals surface area (Å²) in [6, 6.07) is 12.8. The van der Waals surface area contributed by atoms with E-state index in [2.05, 4.69) is 42.2 Å². The van der Waals surface area contributed by atoms with Crippen LogP contribution in [0.5, 0.6) is 11.5 Å². The molecule has 5 nitrogen and oxygen atoms in total. The summed E-state index contributed by atoms with van der Waals surface area (Å²) >= 11 is 0. The van der Waals surface area contributed by atoms with Crippen molar-refractivity contribution in [2.45, 2.75) is 63.0 Å². The van der Waals surface area contributed by atoms with Gasteiger partial charge in [0.2, 0.25) is 5.91 Å². The number of carbonyl (C=O) groups is 1. The van der Waals surface area contributed by atoms with Crippen LogP contribution in [0.3, 0.4) is 0 Å². The quantitative estimate of drug-likeness (QED) is 0.678. The summed E-state index contributed by atoms with van der Waals surface area (Å²) in [5.41, 5.74) is 5.10. The third kappa shape index (κ3) is 3.21. The third-order valence-electron chi connectivity index (χ3n) is 8.01. The molecule has 2 aromatic rings. The van der Waals surface area contributed by atoms with Crippen molar-refractivity contribution in [2.24, 2.45) is 0 Å². The second-order valence-electron chi connectivity index (χ2n) is 9.78. The first kappa shape index (κ1) is 20.1. The molecule has 1 aliphatic carbocycles. The van der Waals surface area contributed by atoms with Crippen LogP contribution in [-0.4, -0.2) is 37.2 Å². The van der Waals surface area contributed by atoms with Crippen LogP contribution in [0.1, 0.15) is 73.4 Å². The number of hydrogen-bond donors (Lipinski definition) is 0. The Labute approximate surface area is 189 Å². The predicted octanol–water partition coefficient (Wildman–Crippen LogP) is 4.88. The largest absolute Gasteiger partial charge is 0.486 e. The van der Waals surface area contributed by atoms with Gasteiger partial charge < -0.3 is 19.1 Å². The maximum absolute atomic E-state index is 13.7. The molecule has 1 amide bonds. The van der Waals surface area contributed by atoms with E-state index in [9.17, 15) is 4.79 Å². The number of rotatable bonds is 2. The predicted molar refractivity (Wildman–Crippen MR) is 121 cm³/mol. The van der Waals surface area contributed by atoms with Crippen molar-refractivity contribution < 1.29 is 19.0 Å². The van der Waals surface area contributed by atoms with Crippen molar-refractivity contribution in [3.8, 4) is 11.5 Å². The Bertz CT molecular complexity index is 1040. The number of carbonyl (C=O) groups excluding carboxylic acids is 1. The van der Waals surface area contributed by atoms with E-state index in [-0.39, 0.29) is 23.5 Å². The van der Waals surface area contributed by atoms with Gasteiger partial charge in [-0.3, -0.25) is 4.79 Å². The molecule has 3 aliphatic heterocycles. The van der Waals surface area contributed by atoms with Crippen molar-refractivity contribution in [3.05, 3.63) is 58.7 Å². The number of benzene rings is 2. The molecule has 0 radical (unpaired) electrons. The summed E-state index contributed by atoms with van der Waals surface area (Å²) in [7, 11) is 0. The van der Waals surface area contributed by atoms with E-state index in [0.29, 0.717) is 26.2 Å². The van der Waals surface area contributed by atoms with E-state index >= 15 is 0 Å². The van der Waals surface area contributed by atoms with E-state index in [0.717, 1.165) is 37.3 Å². The molecule has 1 fully saturated rings. The summed E-state index contributed by atoms with van der Waals surface area (Å²) in [6.45, 7) is 4.80. The van der Waals surface area contributed by atoms with Crippen LogP contribution in [0.25, 0.3) is 0 Å². The van der Waals surface area contributed by atoms with Gasteiger partial charge >= 0.3 is 0 Å². The number of fused-ring (bicyclic) bond motifs is 4. The van der Waals surface area contributed by atoms with Gasteiger partial charge in [0, 0.05) is 12.0 Å². The van der Waals surface area contributed by atoms with Crippen molar-refractivity contribution >= 4 is 5.91 Å². The summed E-state index contributed by atoms with van der Waals surface area (Å²) in [5.74, 6) is 1.86. The number of amides is 1. The highest BCUT2D eigenvalue weighted by Crippen LogP contribution is 2.52. The van der Waals surface area contributed by atoms with Gasteiger partial charge in [-0.25, -0.2) is 0 Å². The second kappa shape index (κ2) is 7.80. The zero-order chi connectivity index (χ0) is 21.7. The summed E-state index contributed by atoms with van der Waals surface area (Å²) < 4.78 is 17.9. The van der Waals surface area contributed by atoms with Gasteiger partial charge in [-0.15, -0.1) is 0 Å². The van der Waals surface area contributed by atoms with Crippen LogP contribution in [0.2, 0.25) is 0 Å². The Kier molecular flexibility index (Phi) is 4.90. The molecule has 6 rings (SSSR count). The fourth-order valence-electron chi connectivity index (χ4n) is 6.33. The number of nitrogens with zero attached hydrogens (tertiary/aromatic N) is 1. The first-order valence-corrected chi connectivity index (χ1v) is 12.1. The lowest BCUT2D eigenvalue weighted by molar-refractivity contribution is -0.138. The molecule has 4 aliphatic rings. The first-order chi connectivity index (χ1) is 15.6. The molecule has 5 heteroatoms. The molecule has 32 heavy (non-hydrogen) atoms. The van der Waals surface area contributed by atoms with Crippen molar-refractivity contribution in [2.75, 3.05) is 26.4 Å². The van der Waals surface area contributed by atoms with Gasteiger partial charge in [0.05, 0.1) is 25.2 Å². The maximum atomic E-state index is 13.7. The van der Waals surface area contributed by atoms with Crippen LogP contribution in [0.15, 0.2) is 36.4 Å². The Morgan fingerprint density at radius 1 is 1.03 bits per heavy atom. The Morgan fingerprint density at radius 3 is 2.59 bits per heavy atom. The molecule has 2 atom stereocenters.